The van der Waals surface area contributed by atoms with Gasteiger partial charge in [-0.2, -0.15) is 70.2 Å². The maximum absolute atomic E-state index is 15.7. The first-order valence-electron chi connectivity index (χ1n) is 11.5. The van der Waals surface area contributed by atoms with Crippen molar-refractivity contribution >= 4 is 17.9 Å². The number of hydrogen-bond acceptors (Lipinski definition) is 9. The third-order valence-corrected chi connectivity index (χ3v) is 5.00. The minimum Gasteiger partial charge on any atom is -0.456 e. The van der Waals surface area contributed by atoms with Crippen LogP contribution in [0.3, 0.4) is 0 Å². The molecule has 0 rings (SSSR count). The zero-order chi connectivity index (χ0) is 39.3. The summed E-state index contributed by atoms with van der Waals surface area (Å²) in [5.74, 6) is -26.2. The summed E-state index contributed by atoms with van der Waals surface area (Å²) in [4.78, 5) is 33.0. The average molecular weight is 766 g/mol. The van der Waals surface area contributed by atoms with Crippen LogP contribution in [0.1, 0.15) is 0 Å². The van der Waals surface area contributed by atoms with Gasteiger partial charge in [-0.1, -0.05) is 19.7 Å². The molecule has 27 heteroatoms. The van der Waals surface area contributed by atoms with E-state index < -0.39 is 98.1 Å². The lowest BCUT2D eigenvalue weighted by molar-refractivity contribution is -0.523. The molecule has 0 aliphatic heterocycles. The molecule has 0 aromatic carbocycles. The van der Waals surface area contributed by atoms with Gasteiger partial charge in [-0.3, -0.25) is 14.2 Å². The van der Waals surface area contributed by atoms with Crippen molar-refractivity contribution < 1.29 is 122 Å². The van der Waals surface area contributed by atoms with E-state index in [9.17, 15) is 89.0 Å². The Balaban J connectivity index is 7.66. The maximum atomic E-state index is 15.7. The molecule has 9 nitrogen and oxygen atoms in total. The van der Waals surface area contributed by atoms with Crippen LogP contribution < -0.4 is 0 Å². The van der Waals surface area contributed by atoms with Gasteiger partial charge < -0.3 is 14.2 Å². The van der Waals surface area contributed by atoms with E-state index in [0.717, 1.165) is 0 Å². The van der Waals surface area contributed by atoms with Gasteiger partial charge in [0.2, 0.25) is 0 Å². The van der Waals surface area contributed by atoms with Crippen molar-refractivity contribution in [3.63, 3.8) is 0 Å². The van der Waals surface area contributed by atoms with Crippen molar-refractivity contribution in [3.05, 3.63) is 38.0 Å². The molecule has 0 aliphatic rings. The molecular weight excluding hydrogens is 750 g/mol. The molecular formula is C22H16F18O9. The molecule has 4 atom stereocenters. The molecule has 0 aromatic rings. The van der Waals surface area contributed by atoms with Crippen LogP contribution in [0, 0.1) is 0 Å². The van der Waals surface area contributed by atoms with Gasteiger partial charge in [0.25, 0.3) is 6.36 Å². The number of hydrogen-bond donors (Lipinski definition) is 0. The topological polar surface area (TPSA) is 107 Å². The largest absolute Gasteiger partial charge is 0.456 e. The fraction of sp³-hybridized carbons (Fsp3) is 0.591. The summed E-state index contributed by atoms with van der Waals surface area (Å²) in [6, 6.07) is 0. The lowest BCUT2D eigenvalue weighted by Gasteiger charge is -2.44. The normalized spacial score (nSPS) is 18.7. The van der Waals surface area contributed by atoms with E-state index >= 15 is 4.39 Å². The summed E-state index contributed by atoms with van der Waals surface area (Å²) in [5.41, 5.74) is -8.07. The highest BCUT2D eigenvalue weighted by molar-refractivity contribution is 5.81. The molecule has 284 valence electrons. The van der Waals surface area contributed by atoms with Crippen molar-refractivity contribution in [2.24, 2.45) is 0 Å². The predicted molar refractivity (Wildman–Crippen MR) is 115 cm³/mol. The summed E-state index contributed by atoms with van der Waals surface area (Å²) in [6.07, 6.45) is -44.3. The molecule has 0 amide bonds. The van der Waals surface area contributed by atoms with E-state index in [2.05, 4.69) is 48.2 Å². The Morgan fingerprint density at radius 3 is 0.959 bits per heavy atom. The van der Waals surface area contributed by atoms with E-state index in [4.69, 9.17) is 0 Å². The number of carbonyl (C=O) groups is 3. The number of carbonyl (C=O) groups excluding carboxylic acids is 3. The highest BCUT2D eigenvalue weighted by Crippen LogP contribution is 2.56. The van der Waals surface area contributed by atoms with Crippen LogP contribution >= 0.6 is 0 Å². The first kappa shape index (κ1) is 45.2. The predicted octanol–water partition coefficient (Wildman–Crippen LogP) is 6.10. The van der Waals surface area contributed by atoms with Crippen LogP contribution in [-0.4, -0.2) is 98.1 Å². The molecule has 0 spiro atoms. The molecule has 0 bridgehead atoms. The Morgan fingerprint density at radius 1 is 0.490 bits per heavy atom. The first-order chi connectivity index (χ1) is 21.7. The molecule has 0 aromatic heterocycles. The van der Waals surface area contributed by atoms with Crippen LogP contribution in [-0.2, 0) is 42.8 Å². The van der Waals surface area contributed by atoms with Crippen molar-refractivity contribution in [1.82, 2.24) is 0 Å². The van der Waals surface area contributed by atoms with Gasteiger partial charge in [0.05, 0.1) is 0 Å². The molecule has 0 saturated carbocycles. The molecule has 4 unspecified atom stereocenters. The van der Waals surface area contributed by atoms with Gasteiger partial charge in [-0.15, -0.1) is 0 Å². The Kier molecular flexibility index (Phi) is 13.9. The second-order valence-electron chi connectivity index (χ2n) is 8.50. The van der Waals surface area contributed by atoms with Gasteiger partial charge in [0.1, 0.15) is 0 Å². The highest BCUT2D eigenvalue weighted by Gasteiger charge is 2.84. The number of halogens is 18. The van der Waals surface area contributed by atoms with Crippen LogP contribution in [0.25, 0.3) is 0 Å². The van der Waals surface area contributed by atoms with Gasteiger partial charge in [0.15, 0.2) is 19.8 Å². The van der Waals surface area contributed by atoms with Gasteiger partial charge in [0, 0.05) is 18.2 Å². The Morgan fingerprint density at radius 2 is 0.735 bits per heavy atom. The van der Waals surface area contributed by atoms with Crippen molar-refractivity contribution in [3.8, 4) is 0 Å². The lowest BCUT2D eigenvalue weighted by Crippen LogP contribution is -2.71. The van der Waals surface area contributed by atoms with Crippen LogP contribution in [0.4, 0.5) is 79.0 Å². The number of alkyl halides is 18. The van der Waals surface area contributed by atoms with Gasteiger partial charge in [-0.05, 0) is 0 Å². The lowest BCUT2D eigenvalue weighted by atomic mass is 10.0. The summed E-state index contributed by atoms with van der Waals surface area (Å²) < 4.78 is 271. The molecule has 0 aliphatic carbocycles. The Labute approximate surface area is 258 Å². The molecule has 0 radical (unpaired) electrons. The minimum absolute atomic E-state index is 0.110. The molecule has 0 saturated heterocycles. The van der Waals surface area contributed by atoms with E-state index in [1.54, 1.807) is 0 Å². The number of ether oxygens (including phenoxy) is 6. The maximum Gasteiger partial charge on any atom is 0.452 e. The third kappa shape index (κ3) is 10.1. The SMILES string of the molecule is C=CC(=O)OCC(F)(OC(F)C(F)(C(F)(F)OC(F)(COC(=O)C=C)C(F)(F)F)C(F)(F)OC(F)(COC(=O)C=C)C(F)(F)F)C(F)(F)F. The second-order valence-corrected chi connectivity index (χ2v) is 8.50. The number of esters is 3. The fourth-order valence-corrected chi connectivity index (χ4v) is 2.42. The summed E-state index contributed by atoms with van der Waals surface area (Å²) >= 11 is 0. The van der Waals surface area contributed by atoms with Crippen LogP contribution in [0.5, 0.6) is 0 Å². The second kappa shape index (κ2) is 15.0. The van der Waals surface area contributed by atoms with Crippen molar-refractivity contribution in [2.45, 2.75) is 60.3 Å². The smallest absolute Gasteiger partial charge is 0.452 e. The van der Waals surface area contributed by atoms with Crippen molar-refractivity contribution in [1.29, 1.82) is 0 Å². The molecule has 0 N–H and O–H groups in total. The number of rotatable bonds is 18. The van der Waals surface area contributed by atoms with Crippen LogP contribution in [0.15, 0.2) is 38.0 Å². The van der Waals surface area contributed by atoms with Crippen molar-refractivity contribution in [2.75, 3.05) is 19.8 Å². The summed E-state index contributed by atoms with van der Waals surface area (Å²) in [7, 11) is 0. The van der Waals surface area contributed by atoms with E-state index in [-0.39, 0.29) is 18.2 Å². The fourth-order valence-electron chi connectivity index (χ4n) is 2.42. The monoisotopic (exact) mass is 766 g/mol. The molecule has 0 fully saturated rings. The minimum atomic E-state index is -8.07. The van der Waals surface area contributed by atoms with E-state index in [0.29, 0.717) is 0 Å². The Hall–Kier alpha value is -3.75. The molecule has 49 heavy (non-hydrogen) atoms. The third-order valence-electron chi connectivity index (χ3n) is 5.00. The zero-order valence-corrected chi connectivity index (χ0v) is 23.0. The standard InChI is InChI=1S/C22H16F18O9/c1-4-10(41)44-7-14(24,18(28,29)30)47-13(23)17(27,21(37,38)48-15(25,19(31,32)33)8-45-11(42)5-2)22(39,40)49-16(26,20(34,35)36)9-46-12(43)6-3/h4-6,13H,1-3,7-9H2. The van der Waals surface area contributed by atoms with E-state index in [1.807, 2.05) is 0 Å². The molecule has 0 heterocycles. The zero-order valence-electron chi connectivity index (χ0n) is 23.0. The average Bonchev–Trinajstić information content (AvgIpc) is 2.94. The van der Waals surface area contributed by atoms with E-state index in [1.165, 1.54) is 0 Å². The summed E-state index contributed by atoms with van der Waals surface area (Å²) in [5, 5.41) is 0. The highest BCUT2D eigenvalue weighted by atomic mass is 19.4. The quantitative estimate of drug-likeness (QED) is 0.0709. The van der Waals surface area contributed by atoms with Gasteiger partial charge in [-0.25, -0.2) is 23.2 Å². The van der Waals surface area contributed by atoms with Gasteiger partial charge >= 0.3 is 71.9 Å². The Bertz CT molecular complexity index is 1170. The summed E-state index contributed by atoms with van der Waals surface area (Å²) in [6.45, 7) is -2.33. The van der Waals surface area contributed by atoms with Crippen LogP contribution in [0.2, 0.25) is 0 Å². The first-order valence-corrected chi connectivity index (χ1v) is 11.5.